The lowest BCUT2D eigenvalue weighted by atomic mass is 10.1. The van der Waals surface area contributed by atoms with Gasteiger partial charge in [-0.3, -0.25) is 9.89 Å². The second-order valence-electron chi connectivity index (χ2n) is 8.32. The quantitative estimate of drug-likeness (QED) is 0.232. The first-order chi connectivity index (χ1) is 17.6. The second kappa shape index (κ2) is 10.4. The van der Waals surface area contributed by atoms with Crippen LogP contribution in [0.5, 0.6) is 5.75 Å². The van der Waals surface area contributed by atoms with Crippen molar-refractivity contribution in [1.29, 1.82) is 0 Å². The molecule has 0 saturated carbocycles. The van der Waals surface area contributed by atoms with E-state index in [0.29, 0.717) is 29.5 Å². The maximum atomic E-state index is 12.1. The number of rotatable bonds is 9. The smallest absolute Gasteiger partial charge is 0.224 e. The zero-order valence-electron chi connectivity index (χ0n) is 19.8. The molecule has 36 heavy (non-hydrogen) atoms. The highest BCUT2D eigenvalue weighted by atomic mass is 16.5. The van der Waals surface area contributed by atoms with Gasteiger partial charge < -0.3 is 20.5 Å². The number of aliphatic hydroxyl groups excluding tert-OH is 1. The number of H-pyrrole nitrogens is 1. The standard InChI is InChI=1S/C27H26N6O3/c1-2-4-25(35)29-19-6-3-5-17(13-19)26-31-24-10-8-21(36-12-11-34)15-22(24)27(32-26)30-20-7-9-23-18(14-20)16-28-33-23/h3,5-10,13-16,34H,2,4,11-12H2,1H3,(H,28,33)(H,29,35)(H,30,31,32). The third kappa shape index (κ3) is 5.11. The zero-order chi connectivity index (χ0) is 24.9. The fourth-order valence-corrected chi connectivity index (χ4v) is 3.93. The number of aromatic nitrogens is 4. The van der Waals surface area contributed by atoms with Crippen LogP contribution in [-0.2, 0) is 4.79 Å². The Morgan fingerprint density at radius 3 is 2.83 bits per heavy atom. The van der Waals surface area contributed by atoms with Gasteiger partial charge in [0.25, 0.3) is 0 Å². The van der Waals surface area contributed by atoms with E-state index in [1.807, 2.05) is 67.6 Å². The third-order valence-electron chi connectivity index (χ3n) is 5.61. The predicted molar refractivity (Wildman–Crippen MR) is 140 cm³/mol. The van der Waals surface area contributed by atoms with Crippen LogP contribution in [0.2, 0.25) is 0 Å². The molecule has 0 fully saturated rings. The number of amides is 1. The molecular formula is C27H26N6O3. The summed E-state index contributed by atoms with van der Waals surface area (Å²) < 4.78 is 5.62. The molecule has 0 unspecified atom stereocenters. The highest BCUT2D eigenvalue weighted by Gasteiger charge is 2.13. The summed E-state index contributed by atoms with van der Waals surface area (Å²) in [5.74, 6) is 1.71. The van der Waals surface area contributed by atoms with Gasteiger partial charge >= 0.3 is 0 Å². The van der Waals surface area contributed by atoms with Crippen LogP contribution < -0.4 is 15.4 Å². The summed E-state index contributed by atoms with van der Waals surface area (Å²) in [5, 5.41) is 24.3. The Labute approximate surface area is 207 Å². The molecule has 0 spiro atoms. The van der Waals surface area contributed by atoms with Crippen molar-refractivity contribution in [2.24, 2.45) is 0 Å². The van der Waals surface area contributed by atoms with Crippen LogP contribution in [0.15, 0.2) is 66.9 Å². The van der Waals surface area contributed by atoms with E-state index in [1.54, 1.807) is 6.20 Å². The van der Waals surface area contributed by atoms with Gasteiger partial charge in [0.1, 0.15) is 18.2 Å². The van der Waals surface area contributed by atoms with Crippen molar-refractivity contribution >= 4 is 44.9 Å². The first kappa shape index (κ1) is 23.3. The number of ether oxygens (including phenoxy) is 1. The molecule has 4 N–H and O–H groups in total. The number of hydrogen-bond donors (Lipinski definition) is 4. The van der Waals surface area contributed by atoms with Gasteiger partial charge in [-0.05, 0) is 55.0 Å². The molecule has 0 aliphatic rings. The SMILES string of the molecule is CCCC(=O)Nc1cccc(-c2nc(Nc3ccc4[nH]ncc4c3)c3cc(OCCO)ccc3n2)c1. The van der Waals surface area contributed by atoms with E-state index in [4.69, 9.17) is 19.8 Å². The van der Waals surface area contributed by atoms with Crippen LogP contribution in [0.3, 0.4) is 0 Å². The molecule has 0 bridgehead atoms. The van der Waals surface area contributed by atoms with E-state index in [1.165, 1.54) is 0 Å². The lowest BCUT2D eigenvalue weighted by Crippen LogP contribution is -2.10. The van der Waals surface area contributed by atoms with Crippen LogP contribution in [0.4, 0.5) is 17.2 Å². The topological polar surface area (TPSA) is 125 Å². The largest absolute Gasteiger partial charge is 0.491 e. The fraction of sp³-hybridized carbons (Fsp3) is 0.185. The van der Waals surface area contributed by atoms with Gasteiger partial charge in [-0.15, -0.1) is 0 Å². The number of benzene rings is 3. The van der Waals surface area contributed by atoms with Gasteiger partial charge in [-0.1, -0.05) is 19.1 Å². The Kier molecular flexibility index (Phi) is 6.72. The zero-order valence-corrected chi connectivity index (χ0v) is 19.8. The van der Waals surface area contributed by atoms with Crippen molar-refractivity contribution in [1.82, 2.24) is 20.2 Å². The monoisotopic (exact) mass is 482 g/mol. The molecule has 0 saturated heterocycles. The molecular weight excluding hydrogens is 456 g/mol. The minimum atomic E-state index is -0.0750. The molecule has 9 nitrogen and oxygen atoms in total. The van der Waals surface area contributed by atoms with Crippen LogP contribution >= 0.6 is 0 Å². The van der Waals surface area contributed by atoms with Gasteiger partial charge in [-0.2, -0.15) is 5.10 Å². The van der Waals surface area contributed by atoms with Crippen LogP contribution in [0.1, 0.15) is 19.8 Å². The molecule has 1 amide bonds. The maximum Gasteiger partial charge on any atom is 0.224 e. The number of anilines is 3. The highest BCUT2D eigenvalue weighted by Crippen LogP contribution is 2.31. The average molecular weight is 483 g/mol. The Morgan fingerprint density at radius 1 is 1.06 bits per heavy atom. The molecule has 0 radical (unpaired) electrons. The third-order valence-corrected chi connectivity index (χ3v) is 5.61. The average Bonchev–Trinajstić information content (AvgIpc) is 3.36. The summed E-state index contributed by atoms with van der Waals surface area (Å²) in [6, 6.07) is 18.9. The Morgan fingerprint density at radius 2 is 1.97 bits per heavy atom. The number of nitrogens with zero attached hydrogens (tertiary/aromatic N) is 3. The minimum absolute atomic E-state index is 0.0264. The van der Waals surface area contributed by atoms with E-state index in [0.717, 1.165) is 39.5 Å². The molecule has 0 aliphatic carbocycles. The van der Waals surface area contributed by atoms with Gasteiger partial charge in [0.05, 0.1) is 23.8 Å². The molecule has 5 rings (SSSR count). The molecule has 9 heteroatoms. The number of aliphatic hydroxyl groups is 1. The fourth-order valence-electron chi connectivity index (χ4n) is 3.93. The number of aromatic amines is 1. The summed E-state index contributed by atoms with van der Waals surface area (Å²) in [4.78, 5) is 21.7. The summed E-state index contributed by atoms with van der Waals surface area (Å²) in [5.41, 5.74) is 3.98. The van der Waals surface area contributed by atoms with Crippen LogP contribution in [0, 0.1) is 0 Å². The van der Waals surface area contributed by atoms with E-state index in [-0.39, 0.29) is 19.1 Å². The first-order valence-electron chi connectivity index (χ1n) is 11.8. The maximum absolute atomic E-state index is 12.1. The number of carbonyl (C=O) groups excluding carboxylic acids is 1. The van der Waals surface area contributed by atoms with E-state index < -0.39 is 0 Å². The molecule has 2 heterocycles. The van der Waals surface area contributed by atoms with Crippen LogP contribution in [-0.4, -0.2) is 44.4 Å². The molecule has 0 atom stereocenters. The van der Waals surface area contributed by atoms with Gasteiger partial charge in [0.2, 0.25) is 5.91 Å². The first-order valence-corrected chi connectivity index (χ1v) is 11.8. The minimum Gasteiger partial charge on any atom is -0.491 e. The van der Waals surface area contributed by atoms with Gasteiger partial charge in [0.15, 0.2) is 5.82 Å². The number of nitrogens with one attached hydrogen (secondary N) is 3. The van der Waals surface area contributed by atoms with E-state index >= 15 is 0 Å². The summed E-state index contributed by atoms with van der Waals surface area (Å²) in [7, 11) is 0. The molecule has 3 aromatic carbocycles. The Hall–Kier alpha value is -4.50. The van der Waals surface area contributed by atoms with Crippen molar-refractivity contribution in [3.8, 4) is 17.1 Å². The highest BCUT2D eigenvalue weighted by molar-refractivity contribution is 5.95. The second-order valence-corrected chi connectivity index (χ2v) is 8.32. The van der Waals surface area contributed by atoms with Gasteiger partial charge in [0, 0.05) is 34.1 Å². The van der Waals surface area contributed by atoms with Crippen molar-refractivity contribution in [2.45, 2.75) is 19.8 Å². The van der Waals surface area contributed by atoms with E-state index in [9.17, 15) is 4.79 Å². The lowest BCUT2D eigenvalue weighted by Gasteiger charge is -2.13. The van der Waals surface area contributed by atoms with E-state index in [2.05, 4.69) is 20.8 Å². The predicted octanol–water partition coefficient (Wildman–Crippen LogP) is 5.03. The molecule has 0 aliphatic heterocycles. The normalized spacial score (nSPS) is 11.1. The summed E-state index contributed by atoms with van der Waals surface area (Å²) in [6.07, 6.45) is 3.01. The lowest BCUT2D eigenvalue weighted by molar-refractivity contribution is -0.116. The summed E-state index contributed by atoms with van der Waals surface area (Å²) in [6.45, 7) is 2.09. The number of carbonyl (C=O) groups is 1. The number of hydrogen-bond acceptors (Lipinski definition) is 7. The molecule has 2 aromatic heterocycles. The van der Waals surface area contributed by atoms with Crippen molar-refractivity contribution in [3.05, 3.63) is 66.9 Å². The van der Waals surface area contributed by atoms with Crippen LogP contribution in [0.25, 0.3) is 33.2 Å². The molecule has 182 valence electrons. The Balaban J connectivity index is 1.56. The van der Waals surface area contributed by atoms with Crippen molar-refractivity contribution in [2.75, 3.05) is 23.8 Å². The van der Waals surface area contributed by atoms with Gasteiger partial charge in [-0.25, -0.2) is 9.97 Å². The number of fused-ring (bicyclic) bond motifs is 2. The molecule has 5 aromatic rings. The Bertz CT molecular complexity index is 1530. The van der Waals surface area contributed by atoms with Crippen molar-refractivity contribution in [3.63, 3.8) is 0 Å². The van der Waals surface area contributed by atoms with Crippen molar-refractivity contribution < 1.29 is 14.6 Å². The summed E-state index contributed by atoms with van der Waals surface area (Å²) >= 11 is 0.